The highest BCUT2D eigenvalue weighted by molar-refractivity contribution is 7.89. The highest BCUT2D eigenvalue weighted by Gasteiger charge is 2.12. The molecule has 0 bridgehead atoms. The average Bonchev–Trinajstić information content (AvgIpc) is 3.10. The number of aromatic amines is 1. The smallest absolute Gasteiger partial charge is 0.276 e. The zero-order valence-corrected chi connectivity index (χ0v) is 15.1. The van der Waals surface area contributed by atoms with Crippen molar-refractivity contribution in [3.05, 3.63) is 65.9 Å². The van der Waals surface area contributed by atoms with E-state index in [4.69, 9.17) is 4.74 Å². The Kier molecular flexibility index (Phi) is 5.04. The molecule has 0 aliphatic heterocycles. The van der Waals surface area contributed by atoms with Gasteiger partial charge in [0.25, 0.3) is 10.0 Å². The Morgan fingerprint density at radius 2 is 1.81 bits per heavy atom. The van der Waals surface area contributed by atoms with E-state index in [-0.39, 0.29) is 4.90 Å². The maximum absolute atomic E-state index is 12.2. The summed E-state index contributed by atoms with van der Waals surface area (Å²) in [6, 6.07) is 13.9. The zero-order valence-electron chi connectivity index (χ0n) is 14.3. The van der Waals surface area contributed by atoms with Crippen LogP contribution < -0.4 is 9.57 Å². The molecule has 0 aliphatic carbocycles. The first-order chi connectivity index (χ1) is 12.5. The third-order valence-corrected chi connectivity index (χ3v) is 4.99. The first-order valence-corrected chi connectivity index (χ1v) is 9.27. The zero-order chi connectivity index (χ0) is 18.6. The summed E-state index contributed by atoms with van der Waals surface area (Å²) in [7, 11) is -2.11. The van der Waals surface area contributed by atoms with Crippen LogP contribution in [0.15, 0.2) is 64.7 Å². The van der Waals surface area contributed by atoms with Gasteiger partial charge in [0, 0.05) is 11.1 Å². The summed E-state index contributed by atoms with van der Waals surface area (Å²) in [6.07, 6.45) is 2.98. The fourth-order valence-corrected chi connectivity index (χ4v) is 3.11. The number of H-pyrrole nitrogens is 1. The molecule has 0 saturated heterocycles. The molecule has 7 nitrogen and oxygen atoms in total. The van der Waals surface area contributed by atoms with Gasteiger partial charge in [-0.3, -0.25) is 5.10 Å². The van der Waals surface area contributed by atoms with E-state index >= 15 is 0 Å². The largest absolute Gasteiger partial charge is 0.497 e. The second kappa shape index (κ2) is 7.40. The molecule has 0 spiro atoms. The quantitative estimate of drug-likeness (QED) is 0.515. The van der Waals surface area contributed by atoms with Crippen molar-refractivity contribution < 1.29 is 13.2 Å². The molecule has 1 aromatic heterocycles. The fourth-order valence-electron chi connectivity index (χ4n) is 2.32. The van der Waals surface area contributed by atoms with E-state index in [0.717, 1.165) is 22.6 Å². The molecule has 0 fully saturated rings. The van der Waals surface area contributed by atoms with Gasteiger partial charge in [-0.1, -0.05) is 17.7 Å². The Balaban J connectivity index is 1.77. The molecule has 3 rings (SSSR count). The minimum Gasteiger partial charge on any atom is -0.497 e. The number of rotatable bonds is 6. The summed E-state index contributed by atoms with van der Waals surface area (Å²) < 4.78 is 29.6. The van der Waals surface area contributed by atoms with Gasteiger partial charge in [-0.25, -0.2) is 4.83 Å². The van der Waals surface area contributed by atoms with Crippen LogP contribution in [0.25, 0.3) is 11.3 Å². The van der Waals surface area contributed by atoms with Gasteiger partial charge in [0.15, 0.2) is 0 Å². The fraction of sp³-hybridized carbons (Fsp3) is 0.111. The second-order valence-corrected chi connectivity index (χ2v) is 7.26. The highest BCUT2D eigenvalue weighted by Crippen LogP contribution is 2.22. The van der Waals surface area contributed by atoms with Crippen LogP contribution in [0.1, 0.15) is 11.1 Å². The number of sulfonamides is 1. The number of hydrogen-bond donors (Lipinski definition) is 2. The standard InChI is InChI=1S/C18H18N4O3S/c1-13-3-9-17(10-4-13)26(23,24)22-20-12-15-11-19-21-18(15)14-5-7-16(25-2)8-6-14/h3-12,22H,1-2H3,(H,19,21)/b20-12-. The van der Waals surface area contributed by atoms with Crippen LogP contribution in [-0.4, -0.2) is 31.9 Å². The molecule has 0 unspecified atom stereocenters. The summed E-state index contributed by atoms with van der Waals surface area (Å²) >= 11 is 0. The normalized spacial score (nSPS) is 11.6. The lowest BCUT2D eigenvalue weighted by molar-refractivity contribution is 0.415. The molecular weight excluding hydrogens is 352 g/mol. The van der Waals surface area contributed by atoms with Crippen LogP contribution in [0.5, 0.6) is 5.75 Å². The summed E-state index contributed by atoms with van der Waals surface area (Å²) in [6.45, 7) is 1.89. The van der Waals surface area contributed by atoms with Crippen molar-refractivity contribution >= 4 is 16.2 Å². The van der Waals surface area contributed by atoms with Gasteiger partial charge in [0.1, 0.15) is 5.75 Å². The Labute approximate surface area is 151 Å². The molecule has 1 heterocycles. The van der Waals surface area contributed by atoms with Crippen LogP contribution in [0.3, 0.4) is 0 Å². The molecular formula is C18H18N4O3S. The molecule has 0 radical (unpaired) electrons. The van der Waals surface area contributed by atoms with E-state index in [2.05, 4.69) is 20.1 Å². The van der Waals surface area contributed by atoms with Gasteiger partial charge in [-0.05, 0) is 43.3 Å². The van der Waals surface area contributed by atoms with Crippen LogP contribution in [0.4, 0.5) is 0 Å². The van der Waals surface area contributed by atoms with E-state index in [0.29, 0.717) is 5.56 Å². The lowest BCUT2D eigenvalue weighted by Crippen LogP contribution is -2.18. The molecule has 134 valence electrons. The maximum Gasteiger partial charge on any atom is 0.276 e. The summed E-state index contributed by atoms with van der Waals surface area (Å²) in [5.41, 5.74) is 3.24. The molecule has 0 aliphatic rings. The number of aryl methyl sites for hydroxylation is 1. The van der Waals surface area contributed by atoms with Gasteiger partial charge >= 0.3 is 0 Å². The number of aromatic nitrogens is 2. The molecule has 8 heteroatoms. The van der Waals surface area contributed by atoms with Crippen molar-refractivity contribution in [2.24, 2.45) is 5.10 Å². The van der Waals surface area contributed by atoms with Crippen molar-refractivity contribution in [3.8, 4) is 17.0 Å². The van der Waals surface area contributed by atoms with Gasteiger partial charge in [0.2, 0.25) is 0 Å². The SMILES string of the molecule is COc1ccc(-c2[nH]ncc2/C=N\NS(=O)(=O)c2ccc(C)cc2)cc1. The molecule has 2 N–H and O–H groups in total. The number of methoxy groups -OCH3 is 1. The molecule has 0 saturated carbocycles. The molecule has 26 heavy (non-hydrogen) atoms. The van der Waals surface area contributed by atoms with Crippen molar-refractivity contribution in [2.45, 2.75) is 11.8 Å². The summed E-state index contributed by atoms with van der Waals surface area (Å²) in [5.74, 6) is 0.745. The van der Waals surface area contributed by atoms with E-state index in [1.807, 2.05) is 31.2 Å². The minimum atomic E-state index is -3.71. The Bertz CT molecular complexity index is 1010. The van der Waals surface area contributed by atoms with Crippen molar-refractivity contribution in [1.29, 1.82) is 0 Å². The predicted octanol–water partition coefficient (Wildman–Crippen LogP) is 2.71. The highest BCUT2D eigenvalue weighted by atomic mass is 32.2. The first-order valence-electron chi connectivity index (χ1n) is 7.79. The van der Waals surface area contributed by atoms with E-state index in [9.17, 15) is 8.42 Å². The third kappa shape index (κ3) is 3.92. The van der Waals surface area contributed by atoms with Gasteiger partial charge < -0.3 is 4.74 Å². The Hall–Kier alpha value is -3.13. The Morgan fingerprint density at radius 1 is 1.12 bits per heavy atom. The number of benzene rings is 2. The number of nitrogens with one attached hydrogen (secondary N) is 2. The van der Waals surface area contributed by atoms with Gasteiger partial charge in [-0.15, -0.1) is 0 Å². The number of nitrogens with zero attached hydrogens (tertiary/aromatic N) is 2. The van der Waals surface area contributed by atoms with Crippen LogP contribution in [-0.2, 0) is 10.0 Å². The lowest BCUT2D eigenvalue weighted by atomic mass is 10.1. The minimum absolute atomic E-state index is 0.155. The monoisotopic (exact) mass is 370 g/mol. The number of hydrazone groups is 1. The topological polar surface area (TPSA) is 96.4 Å². The summed E-state index contributed by atoms with van der Waals surface area (Å²) in [4.78, 5) is 2.37. The number of hydrogen-bond acceptors (Lipinski definition) is 5. The summed E-state index contributed by atoms with van der Waals surface area (Å²) in [5, 5.41) is 10.7. The van der Waals surface area contributed by atoms with Crippen molar-refractivity contribution in [2.75, 3.05) is 7.11 Å². The van der Waals surface area contributed by atoms with Crippen molar-refractivity contribution in [3.63, 3.8) is 0 Å². The van der Waals surface area contributed by atoms with Crippen molar-refractivity contribution in [1.82, 2.24) is 15.0 Å². The van der Waals surface area contributed by atoms with E-state index in [1.165, 1.54) is 18.3 Å². The average molecular weight is 370 g/mol. The van der Waals surface area contributed by atoms with E-state index < -0.39 is 10.0 Å². The molecule has 2 aromatic carbocycles. The first kappa shape index (κ1) is 17.7. The predicted molar refractivity (Wildman–Crippen MR) is 99.7 cm³/mol. The van der Waals surface area contributed by atoms with Gasteiger partial charge in [-0.2, -0.15) is 18.6 Å². The van der Waals surface area contributed by atoms with Gasteiger partial charge in [0.05, 0.1) is 30.1 Å². The second-order valence-electron chi connectivity index (χ2n) is 5.59. The number of ether oxygens (including phenoxy) is 1. The Morgan fingerprint density at radius 3 is 2.46 bits per heavy atom. The van der Waals surface area contributed by atoms with E-state index in [1.54, 1.807) is 25.4 Å². The van der Waals surface area contributed by atoms with Crippen LogP contribution in [0, 0.1) is 6.92 Å². The molecule has 0 amide bonds. The third-order valence-electron chi connectivity index (χ3n) is 3.76. The molecule has 3 aromatic rings. The molecule has 0 atom stereocenters. The van der Waals surface area contributed by atoms with Crippen LogP contribution in [0.2, 0.25) is 0 Å². The lowest BCUT2D eigenvalue weighted by Gasteiger charge is -2.04. The van der Waals surface area contributed by atoms with Crippen LogP contribution >= 0.6 is 0 Å². The maximum atomic E-state index is 12.2.